The van der Waals surface area contributed by atoms with Crippen molar-refractivity contribution >= 4 is 10.2 Å². The van der Waals surface area contributed by atoms with Gasteiger partial charge in [0.1, 0.15) is 0 Å². The highest BCUT2D eigenvalue weighted by atomic mass is 28.1. The smallest absolute Gasteiger partial charge is 0.156 e. The summed E-state index contributed by atoms with van der Waals surface area (Å²) in [6, 6.07) is 0. The number of rotatable bonds is 8. The first-order valence-corrected chi connectivity index (χ1v) is 6.17. The third-order valence-electron chi connectivity index (χ3n) is 2.07. The van der Waals surface area contributed by atoms with Gasteiger partial charge in [-0.15, -0.1) is 5.70 Å². The molecule has 0 fully saturated rings. The van der Waals surface area contributed by atoms with E-state index in [9.17, 15) is 0 Å². The first kappa shape index (κ1) is 12.9. The van der Waals surface area contributed by atoms with Gasteiger partial charge >= 0.3 is 0 Å². The van der Waals surface area contributed by atoms with Crippen molar-refractivity contribution < 1.29 is 9.47 Å². The molecule has 0 aromatic heterocycles. The Kier molecular flexibility index (Phi) is 9.87. The van der Waals surface area contributed by atoms with Crippen LogP contribution in [0.3, 0.4) is 0 Å². The number of unbranched alkanes of at least 4 members (excludes halogenated alkanes) is 3. The van der Waals surface area contributed by atoms with Gasteiger partial charge < -0.3 is 9.47 Å². The zero-order chi connectivity index (χ0) is 9.94. The first-order chi connectivity index (χ1) is 6.35. The molecule has 0 aromatic carbocycles. The molecule has 0 spiro atoms. The summed E-state index contributed by atoms with van der Waals surface area (Å²) in [5.74, 6) is 0. The Morgan fingerprint density at radius 2 is 1.85 bits per heavy atom. The number of hydrogen-bond donors (Lipinski definition) is 0. The third-order valence-corrected chi connectivity index (χ3v) is 2.54. The summed E-state index contributed by atoms with van der Waals surface area (Å²) in [5, 5.41) is 0. The summed E-state index contributed by atoms with van der Waals surface area (Å²) < 4.78 is 10.2. The van der Waals surface area contributed by atoms with Crippen molar-refractivity contribution in [3.63, 3.8) is 0 Å². The molecule has 0 saturated heterocycles. The van der Waals surface area contributed by atoms with Crippen molar-refractivity contribution in [2.75, 3.05) is 14.2 Å². The molecule has 78 valence electrons. The van der Waals surface area contributed by atoms with Crippen LogP contribution in [0.1, 0.15) is 32.1 Å². The van der Waals surface area contributed by atoms with Gasteiger partial charge in [0, 0.05) is 24.5 Å². The van der Waals surface area contributed by atoms with Gasteiger partial charge in [-0.1, -0.05) is 12.5 Å². The van der Waals surface area contributed by atoms with Crippen LogP contribution in [-0.4, -0.2) is 30.8 Å². The average molecular weight is 202 g/mol. The van der Waals surface area contributed by atoms with Gasteiger partial charge in [0.05, 0.1) is 0 Å². The van der Waals surface area contributed by atoms with E-state index in [-0.39, 0.29) is 6.29 Å². The van der Waals surface area contributed by atoms with E-state index in [1.54, 1.807) is 14.2 Å². The van der Waals surface area contributed by atoms with Gasteiger partial charge in [-0.3, -0.25) is 0 Å². The topological polar surface area (TPSA) is 18.5 Å². The van der Waals surface area contributed by atoms with Crippen molar-refractivity contribution in [1.82, 2.24) is 0 Å². The van der Waals surface area contributed by atoms with Gasteiger partial charge in [-0.25, -0.2) is 0 Å². The molecule has 0 radical (unpaired) electrons. The molecule has 0 aliphatic carbocycles. The molecule has 0 heterocycles. The largest absolute Gasteiger partial charge is 0.356 e. The van der Waals surface area contributed by atoms with Crippen molar-refractivity contribution in [2.24, 2.45) is 0 Å². The van der Waals surface area contributed by atoms with E-state index in [2.05, 4.69) is 11.8 Å². The Morgan fingerprint density at radius 1 is 1.15 bits per heavy atom. The fourth-order valence-electron chi connectivity index (χ4n) is 1.25. The van der Waals surface area contributed by atoms with E-state index in [4.69, 9.17) is 9.47 Å². The molecule has 0 rings (SSSR count). The second-order valence-corrected chi connectivity index (χ2v) is 3.77. The Bertz CT molecular complexity index is 122. The number of allylic oxidation sites excluding steroid dienone is 1. The lowest BCUT2D eigenvalue weighted by atomic mass is 10.1. The molecule has 13 heavy (non-hydrogen) atoms. The van der Waals surface area contributed by atoms with Crippen LogP contribution >= 0.6 is 0 Å². The highest BCUT2D eigenvalue weighted by Crippen LogP contribution is 2.08. The van der Waals surface area contributed by atoms with Gasteiger partial charge in [0.25, 0.3) is 0 Å². The van der Waals surface area contributed by atoms with E-state index < -0.39 is 0 Å². The normalized spacial score (nSPS) is 11.9. The zero-order valence-corrected chi connectivity index (χ0v) is 11.1. The van der Waals surface area contributed by atoms with Crippen LogP contribution in [0.5, 0.6) is 0 Å². The maximum atomic E-state index is 5.10. The summed E-state index contributed by atoms with van der Waals surface area (Å²) in [5.41, 5.74) is 2.24. The molecule has 0 N–H and O–H groups in total. The van der Waals surface area contributed by atoms with Crippen LogP contribution in [0.2, 0.25) is 0 Å². The molecule has 0 atom stereocenters. The van der Waals surface area contributed by atoms with Crippen LogP contribution < -0.4 is 0 Å². The van der Waals surface area contributed by atoms with Crippen LogP contribution in [0.15, 0.2) is 11.8 Å². The van der Waals surface area contributed by atoms with E-state index in [1.165, 1.54) is 35.9 Å². The maximum absolute atomic E-state index is 5.10. The van der Waals surface area contributed by atoms with Gasteiger partial charge in [-0.05, 0) is 25.7 Å². The van der Waals surface area contributed by atoms with Crippen LogP contribution in [0, 0.1) is 0 Å². The third kappa shape index (κ3) is 8.21. The van der Waals surface area contributed by atoms with E-state index in [0.717, 1.165) is 6.42 Å². The lowest BCUT2D eigenvalue weighted by Crippen LogP contribution is -2.12. The quantitative estimate of drug-likeness (QED) is 0.337. The molecule has 0 bridgehead atoms. The molecular formula is C10H22O2Si. The summed E-state index contributed by atoms with van der Waals surface area (Å²) in [7, 11) is 4.57. The Balaban J connectivity index is 3.14. The Labute approximate surface area is 84.7 Å². The predicted molar refractivity (Wildman–Crippen MR) is 60.0 cm³/mol. The van der Waals surface area contributed by atoms with E-state index in [0.29, 0.717) is 0 Å². The first-order valence-electron chi connectivity index (χ1n) is 5.02. The summed E-state index contributed by atoms with van der Waals surface area (Å²) >= 11 is 0. The predicted octanol–water partition coefficient (Wildman–Crippen LogP) is 1.43. The summed E-state index contributed by atoms with van der Waals surface area (Å²) in [4.78, 5) is 0. The second kappa shape index (κ2) is 9.96. The summed E-state index contributed by atoms with van der Waals surface area (Å²) in [6.45, 7) is 0. The van der Waals surface area contributed by atoms with Gasteiger partial charge in [0.15, 0.2) is 6.29 Å². The molecule has 0 aliphatic heterocycles. The standard InChI is InChI=1S/C10H22O2Si/c1-11-10(12-2)8-6-4-3-5-7-9-13/h7,9-10H,3-6,8H2,1-2,13H3. The number of methoxy groups -OCH3 is 2. The molecule has 2 nitrogen and oxygen atoms in total. The van der Waals surface area contributed by atoms with Gasteiger partial charge in [0.2, 0.25) is 0 Å². The monoisotopic (exact) mass is 202 g/mol. The van der Waals surface area contributed by atoms with E-state index in [1.807, 2.05) is 0 Å². The highest BCUT2D eigenvalue weighted by Gasteiger charge is 2.02. The zero-order valence-electron chi connectivity index (χ0n) is 9.08. The summed E-state index contributed by atoms with van der Waals surface area (Å²) in [6.07, 6.45) is 8.27. The molecule has 0 aliphatic rings. The highest BCUT2D eigenvalue weighted by molar-refractivity contribution is 6.16. The SMILES string of the molecule is COC(CCCCCC=C[SiH3])OC. The lowest BCUT2D eigenvalue weighted by Gasteiger charge is -2.12. The lowest BCUT2D eigenvalue weighted by molar-refractivity contribution is -0.107. The Hall–Kier alpha value is -0.123. The van der Waals surface area contributed by atoms with Crippen molar-refractivity contribution in [3.8, 4) is 0 Å². The molecule has 0 aromatic rings. The number of hydrogen-bond acceptors (Lipinski definition) is 2. The number of ether oxygens (including phenoxy) is 2. The fourth-order valence-corrected chi connectivity index (χ4v) is 1.58. The average Bonchev–Trinajstić information content (AvgIpc) is 2.17. The maximum Gasteiger partial charge on any atom is 0.156 e. The molecule has 3 heteroatoms. The second-order valence-electron chi connectivity index (χ2n) is 3.11. The van der Waals surface area contributed by atoms with Crippen LogP contribution in [-0.2, 0) is 9.47 Å². The minimum absolute atomic E-state index is 0.00544. The van der Waals surface area contributed by atoms with Gasteiger partial charge in [-0.2, -0.15) is 0 Å². The minimum atomic E-state index is -0.00544. The Morgan fingerprint density at radius 3 is 2.38 bits per heavy atom. The van der Waals surface area contributed by atoms with Crippen molar-refractivity contribution in [3.05, 3.63) is 11.8 Å². The van der Waals surface area contributed by atoms with E-state index >= 15 is 0 Å². The molecule has 0 amide bonds. The molecule has 0 saturated carbocycles. The van der Waals surface area contributed by atoms with Crippen molar-refractivity contribution in [1.29, 1.82) is 0 Å². The van der Waals surface area contributed by atoms with Crippen molar-refractivity contribution in [2.45, 2.75) is 38.4 Å². The van der Waals surface area contributed by atoms with Crippen LogP contribution in [0.25, 0.3) is 0 Å². The molecule has 0 unspecified atom stereocenters. The fraction of sp³-hybridized carbons (Fsp3) is 0.800. The minimum Gasteiger partial charge on any atom is -0.356 e. The van der Waals surface area contributed by atoms with Crippen LogP contribution in [0.4, 0.5) is 0 Å². The molecular weight excluding hydrogens is 180 g/mol.